The molecule has 1 heterocycles. The van der Waals surface area contributed by atoms with Gasteiger partial charge in [0.25, 0.3) is 5.82 Å². The van der Waals surface area contributed by atoms with Crippen LogP contribution < -0.4 is 4.57 Å². The molecule has 0 aliphatic carbocycles. The number of nitrogens with zero attached hydrogens (tertiary/aromatic N) is 2. The van der Waals surface area contributed by atoms with Crippen LogP contribution in [0.3, 0.4) is 0 Å². The Morgan fingerprint density at radius 3 is 2.00 bits per heavy atom. The maximum atomic E-state index is 2.38. The summed E-state index contributed by atoms with van der Waals surface area (Å²) in [5, 5.41) is 0. The highest BCUT2D eigenvalue weighted by molar-refractivity contribution is 5.63. The molecule has 0 bridgehead atoms. The average molecular weight is 333 g/mol. The fourth-order valence-corrected chi connectivity index (χ4v) is 3.59. The molecule has 0 N–H and O–H groups in total. The summed E-state index contributed by atoms with van der Waals surface area (Å²) in [5.74, 6) is 2.19. The number of benzene rings is 2. The molecule has 2 nitrogen and oxygen atoms in total. The van der Waals surface area contributed by atoms with E-state index in [9.17, 15) is 0 Å². The van der Waals surface area contributed by atoms with Gasteiger partial charge in [-0.3, -0.25) is 0 Å². The van der Waals surface area contributed by atoms with Gasteiger partial charge >= 0.3 is 0 Å². The van der Waals surface area contributed by atoms with E-state index in [1.54, 1.807) is 0 Å². The number of rotatable bonds is 4. The molecule has 2 heteroatoms. The third kappa shape index (κ3) is 3.13. The van der Waals surface area contributed by atoms with Gasteiger partial charge in [-0.1, -0.05) is 64.1 Å². The number of aryl methyl sites for hydroxylation is 2. The molecular formula is C23H29N2+. The minimum absolute atomic E-state index is 0.478. The van der Waals surface area contributed by atoms with Crippen LogP contribution >= 0.6 is 0 Å². The van der Waals surface area contributed by atoms with Crippen LogP contribution in [-0.4, -0.2) is 4.57 Å². The van der Waals surface area contributed by atoms with E-state index in [1.807, 2.05) is 0 Å². The van der Waals surface area contributed by atoms with Crippen molar-refractivity contribution in [3.05, 3.63) is 71.5 Å². The van der Waals surface area contributed by atoms with E-state index in [0.717, 1.165) is 0 Å². The van der Waals surface area contributed by atoms with Gasteiger partial charge in [0.1, 0.15) is 18.1 Å². The van der Waals surface area contributed by atoms with Crippen LogP contribution in [0.25, 0.3) is 17.1 Å². The smallest absolute Gasteiger partial charge is 0.232 e. The second-order valence-electron chi connectivity index (χ2n) is 7.51. The average Bonchev–Trinajstić information content (AvgIpc) is 2.95. The molecule has 0 aliphatic heterocycles. The van der Waals surface area contributed by atoms with E-state index in [2.05, 4.69) is 106 Å². The number of hydrogen-bond donors (Lipinski definition) is 0. The standard InChI is InChI=1S/C23H29N2/c1-16(2)19-12-9-13-20(17(3)4)22(19)25-15-14-24(6)23(25)21-11-8-7-10-18(21)5/h7-17H,1-6H3/q+1. The van der Waals surface area contributed by atoms with Crippen molar-refractivity contribution in [2.45, 2.75) is 46.5 Å². The van der Waals surface area contributed by atoms with E-state index in [-0.39, 0.29) is 0 Å². The molecule has 0 unspecified atom stereocenters. The molecule has 0 amide bonds. The lowest BCUT2D eigenvalue weighted by Crippen LogP contribution is -2.29. The molecule has 3 aromatic rings. The number of aromatic nitrogens is 2. The predicted octanol–water partition coefficient (Wildman–Crippen LogP) is 5.52. The van der Waals surface area contributed by atoms with Crippen molar-refractivity contribution in [1.29, 1.82) is 0 Å². The highest BCUT2D eigenvalue weighted by Crippen LogP contribution is 2.33. The van der Waals surface area contributed by atoms with Crippen molar-refractivity contribution in [3.8, 4) is 17.1 Å². The number of hydrogen-bond acceptors (Lipinski definition) is 0. The first-order chi connectivity index (χ1) is 11.9. The molecule has 0 aliphatic rings. The summed E-state index contributed by atoms with van der Waals surface area (Å²) in [5.41, 5.74) is 6.72. The van der Waals surface area contributed by atoms with Crippen molar-refractivity contribution in [2.75, 3.05) is 0 Å². The first-order valence-electron chi connectivity index (χ1n) is 9.18. The van der Waals surface area contributed by atoms with Crippen LogP contribution in [0.2, 0.25) is 0 Å². The van der Waals surface area contributed by atoms with E-state index in [1.165, 1.54) is 33.8 Å². The van der Waals surface area contributed by atoms with E-state index >= 15 is 0 Å². The van der Waals surface area contributed by atoms with Crippen molar-refractivity contribution < 1.29 is 4.57 Å². The zero-order valence-corrected chi connectivity index (χ0v) is 16.2. The summed E-state index contributed by atoms with van der Waals surface area (Å²) in [6.45, 7) is 11.3. The monoisotopic (exact) mass is 333 g/mol. The Bertz CT molecular complexity index is 859. The Hall–Kier alpha value is -2.35. The van der Waals surface area contributed by atoms with Crippen molar-refractivity contribution in [1.82, 2.24) is 4.57 Å². The lowest BCUT2D eigenvalue weighted by molar-refractivity contribution is -0.659. The minimum Gasteiger partial charge on any atom is -0.232 e. The molecule has 0 saturated carbocycles. The van der Waals surface area contributed by atoms with Gasteiger partial charge in [0, 0.05) is 11.1 Å². The second-order valence-corrected chi connectivity index (χ2v) is 7.51. The van der Waals surface area contributed by atoms with E-state index < -0.39 is 0 Å². The lowest BCUT2D eigenvalue weighted by Gasteiger charge is -2.18. The molecule has 0 radical (unpaired) electrons. The highest BCUT2D eigenvalue weighted by atomic mass is 15.1. The SMILES string of the molecule is Cc1ccccc1-c1n(-c2c(C(C)C)cccc2C(C)C)cc[n+]1C. The Balaban J connectivity index is 2.35. The summed E-state index contributed by atoms with van der Waals surface area (Å²) < 4.78 is 4.61. The summed E-state index contributed by atoms with van der Waals surface area (Å²) >= 11 is 0. The van der Waals surface area contributed by atoms with Gasteiger partial charge in [0.2, 0.25) is 0 Å². The van der Waals surface area contributed by atoms with Gasteiger partial charge in [-0.25, -0.2) is 4.57 Å². The predicted molar refractivity (Wildman–Crippen MR) is 105 cm³/mol. The van der Waals surface area contributed by atoms with Gasteiger partial charge in [0.05, 0.1) is 12.6 Å². The Morgan fingerprint density at radius 2 is 1.44 bits per heavy atom. The number of para-hydroxylation sites is 1. The third-order valence-corrected chi connectivity index (χ3v) is 4.97. The molecule has 0 fully saturated rings. The first kappa shape index (κ1) is 17.5. The molecule has 0 saturated heterocycles. The maximum Gasteiger partial charge on any atom is 0.294 e. The van der Waals surface area contributed by atoms with Gasteiger partial charge in [-0.2, -0.15) is 4.57 Å². The Kier molecular flexibility index (Phi) is 4.80. The molecule has 25 heavy (non-hydrogen) atoms. The maximum absolute atomic E-state index is 2.38. The summed E-state index contributed by atoms with van der Waals surface area (Å²) in [7, 11) is 2.13. The Labute approximate surface area is 151 Å². The van der Waals surface area contributed by atoms with Crippen LogP contribution in [0.4, 0.5) is 0 Å². The largest absolute Gasteiger partial charge is 0.294 e. The third-order valence-electron chi connectivity index (χ3n) is 4.97. The first-order valence-corrected chi connectivity index (χ1v) is 9.18. The van der Waals surface area contributed by atoms with Crippen LogP contribution in [-0.2, 0) is 7.05 Å². The summed E-state index contributed by atoms with van der Waals surface area (Å²) in [6.07, 6.45) is 4.36. The minimum atomic E-state index is 0.478. The zero-order chi connectivity index (χ0) is 18.1. The van der Waals surface area contributed by atoms with Crippen LogP contribution in [0, 0.1) is 6.92 Å². The van der Waals surface area contributed by atoms with Crippen molar-refractivity contribution in [3.63, 3.8) is 0 Å². The molecule has 3 rings (SSSR count). The molecular weight excluding hydrogens is 304 g/mol. The molecule has 130 valence electrons. The van der Waals surface area contributed by atoms with Crippen LogP contribution in [0.5, 0.6) is 0 Å². The van der Waals surface area contributed by atoms with E-state index in [0.29, 0.717) is 11.8 Å². The highest BCUT2D eigenvalue weighted by Gasteiger charge is 2.26. The molecule has 0 spiro atoms. The molecule has 2 aromatic carbocycles. The molecule has 0 atom stereocenters. The Morgan fingerprint density at radius 1 is 0.840 bits per heavy atom. The summed E-state index contributed by atoms with van der Waals surface area (Å²) in [4.78, 5) is 0. The molecule has 1 aromatic heterocycles. The van der Waals surface area contributed by atoms with E-state index in [4.69, 9.17) is 0 Å². The fraction of sp³-hybridized carbons (Fsp3) is 0.348. The van der Waals surface area contributed by atoms with Gasteiger partial charge in [-0.15, -0.1) is 0 Å². The zero-order valence-electron chi connectivity index (χ0n) is 16.2. The van der Waals surface area contributed by atoms with Crippen LogP contribution in [0.1, 0.15) is 56.2 Å². The van der Waals surface area contributed by atoms with Gasteiger partial charge < -0.3 is 0 Å². The topological polar surface area (TPSA) is 8.81 Å². The number of imidazole rings is 1. The fourth-order valence-electron chi connectivity index (χ4n) is 3.59. The quantitative estimate of drug-likeness (QED) is 0.556. The van der Waals surface area contributed by atoms with Crippen LogP contribution in [0.15, 0.2) is 54.9 Å². The van der Waals surface area contributed by atoms with Gasteiger partial charge in [0.15, 0.2) is 0 Å². The summed E-state index contributed by atoms with van der Waals surface area (Å²) in [6, 6.07) is 15.4. The normalized spacial score (nSPS) is 11.5. The van der Waals surface area contributed by atoms with Crippen molar-refractivity contribution in [2.24, 2.45) is 7.05 Å². The van der Waals surface area contributed by atoms with Gasteiger partial charge in [-0.05, 0) is 30.4 Å². The second kappa shape index (κ2) is 6.87. The van der Waals surface area contributed by atoms with Crippen molar-refractivity contribution >= 4 is 0 Å². The lowest BCUT2D eigenvalue weighted by atomic mass is 9.92.